The van der Waals surface area contributed by atoms with Crippen LogP contribution in [-0.2, 0) is 23.8 Å². The van der Waals surface area contributed by atoms with Gasteiger partial charge >= 0.3 is 18.2 Å². The standard InChI is InChI=1S/C23H41N3O7/c1-10-15(2)17(19(28)31-9)26-18(27)16(25-21(30)33-23(6,7)8)13-11-12-14-24-20(29)32-22(3,4)5/h10,15-17H,1,11-14H2,2-9H3,(H,24,29)(H,25,30)(H,26,27)/t15-,16-,17+/m0/s1. The van der Waals surface area contributed by atoms with Gasteiger partial charge in [-0.1, -0.05) is 13.0 Å². The van der Waals surface area contributed by atoms with Crippen LogP contribution in [0.2, 0.25) is 0 Å². The number of rotatable bonds is 11. The largest absolute Gasteiger partial charge is 0.467 e. The molecule has 0 aromatic heterocycles. The number of esters is 1. The van der Waals surface area contributed by atoms with Gasteiger partial charge in [0, 0.05) is 12.5 Å². The Bertz CT molecular complexity index is 681. The molecule has 3 N–H and O–H groups in total. The zero-order chi connectivity index (χ0) is 25.8. The zero-order valence-electron chi connectivity index (χ0n) is 21.2. The van der Waals surface area contributed by atoms with Crippen LogP contribution in [0.5, 0.6) is 0 Å². The molecule has 0 bridgehead atoms. The minimum Gasteiger partial charge on any atom is -0.467 e. The first-order valence-electron chi connectivity index (χ1n) is 11.1. The minimum absolute atomic E-state index is 0.261. The Balaban J connectivity index is 5.08. The fourth-order valence-electron chi connectivity index (χ4n) is 2.62. The van der Waals surface area contributed by atoms with Crippen LogP contribution in [0.15, 0.2) is 12.7 Å². The lowest BCUT2D eigenvalue weighted by molar-refractivity contribution is -0.146. The summed E-state index contributed by atoms with van der Waals surface area (Å²) in [5.41, 5.74) is -1.34. The van der Waals surface area contributed by atoms with Crippen molar-refractivity contribution >= 4 is 24.1 Å². The Kier molecular flexibility index (Phi) is 12.5. The summed E-state index contributed by atoms with van der Waals surface area (Å²) in [7, 11) is 1.23. The van der Waals surface area contributed by atoms with Gasteiger partial charge in [0.1, 0.15) is 23.3 Å². The van der Waals surface area contributed by atoms with Crippen molar-refractivity contribution in [3.8, 4) is 0 Å². The van der Waals surface area contributed by atoms with Crippen LogP contribution in [0, 0.1) is 5.92 Å². The Morgan fingerprint density at radius 3 is 1.94 bits per heavy atom. The number of hydrogen-bond donors (Lipinski definition) is 3. The average molecular weight is 472 g/mol. The molecule has 0 saturated carbocycles. The van der Waals surface area contributed by atoms with Crippen molar-refractivity contribution in [3.05, 3.63) is 12.7 Å². The molecule has 0 aromatic rings. The molecule has 0 fully saturated rings. The summed E-state index contributed by atoms with van der Waals surface area (Å²) in [6.45, 7) is 16.2. The first-order valence-corrected chi connectivity index (χ1v) is 11.1. The van der Waals surface area contributed by atoms with E-state index in [2.05, 4.69) is 22.5 Å². The van der Waals surface area contributed by atoms with E-state index in [1.807, 2.05) is 0 Å². The molecule has 3 amide bonds. The van der Waals surface area contributed by atoms with Gasteiger partial charge in [0.15, 0.2) is 0 Å². The van der Waals surface area contributed by atoms with Gasteiger partial charge in [-0.2, -0.15) is 0 Å². The van der Waals surface area contributed by atoms with Crippen molar-refractivity contribution in [2.75, 3.05) is 13.7 Å². The Hall–Kier alpha value is -2.78. The highest BCUT2D eigenvalue weighted by Gasteiger charge is 2.30. The molecular formula is C23H41N3O7. The Morgan fingerprint density at radius 1 is 0.909 bits per heavy atom. The molecule has 0 radical (unpaired) electrons. The van der Waals surface area contributed by atoms with Gasteiger partial charge in [0.2, 0.25) is 5.91 Å². The van der Waals surface area contributed by atoms with Crippen molar-refractivity contribution in [3.63, 3.8) is 0 Å². The lowest BCUT2D eigenvalue weighted by Crippen LogP contribution is -2.54. The first kappa shape index (κ1) is 30.2. The second kappa shape index (κ2) is 13.7. The lowest BCUT2D eigenvalue weighted by atomic mass is 10.0. The van der Waals surface area contributed by atoms with Crippen molar-refractivity contribution in [2.45, 2.75) is 91.0 Å². The molecule has 10 nitrogen and oxygen atoms in total. The van der Waals surface area contributed by atoms with Gasteiger partial charge in [0.05, 0.1) is 7.11 Å². The molecule has 0 rings (SSSR count). The molecule has 0 heterocycles. The molecule has 190 valence electrons. The molecular weight excluding hydrogens is 430 g/mol. The summed E-state index contributed by atoms with van der Waals surface area (Å²) >= 11 is 0. The summed E-state index contributed by atoms with van der Waals surface area (Å²) in [5, 5.41) is 7.83. The molecule has 33 heavy (non-hydrogen) atoms. The molecule has 10 heteroatoms. The topological polar surface area (TPSA) is 132 Å². The normalized spacial score (nSPS) is 14.2. The van der Waals surface area contributed by atoms with E-state index >= 15 is 0 Å². The SMILES string of the molecule is C=C[C@H](C)[C@@H](NC(=O)[C@H](CCCCNC(=O)OC(C)(C)C)NC(=O)OC(C)(C)C)C(=O)OC. The number of carbonyl (C=O) groups is 4. The van der Waals surface area contributed by atoms with Crippen molar-refractivity contribution in [1.82, 2.24) is 16.0 Å². The fraction of sp³-hybridized carbons (Fsp3) is 0.739. The third-order valence-corrected chi connectivity index (χ3v) is 4.25. The average Bonchev–Trinajstić information content (AvgIpc) is 2.66. The van der Waals surface area contributed by atoms with E-state index in [0.29, 0.717) is 19.4 Å². The highest BCUT2D eigenvalue weighted by atomic mass is 16.6. The Morgan fingerprint density at radius 2 is 1.45 bits per heavy atom. The fourth-order valence-corrected chi connectivity index (χ4v) is 2.62. The molecule has 0 aliphatic rings. The van der Waals surface area contributed by atoms with Crippen molar-refractivity contribution in [2.24, 2.45) is 5.92 Å². The summed E-state index contributed by atoms with van der Waals surface area (Å²) in [5.74, 6) is -1.56. The predicted octanol–water partition coefficient (Wildman–Crippen LogP) is 3.05. The molecule has 0 aliphatic heterocycles. The summed E-state index contributed by atoms with van der Waals surface area (Å²) in [6.07, 6.45) is 1.56. The van der Waals surface area contributed by atoms with Crippen LogP contribution >= 0.6 is 0 Å². The summed E-state index contributed by atoms with van der Waals surface area (Å²) in [4.78, 5) is 49.0. The van der Waals surface area contributed by atoms with Crippen molar-refractivity contribution in [1.29, 1.82) is 0 Å². The maximum Gasteiger partial charge on any atom is 0.408 e. The predicted molar refractivity (Wildman–Crippen MR) is 125 cm³/mol. The van der Waals surface area contributed by atoms with E-state index in [1.54, 1.807) is 48.5 Å². The highest BCUT2D eigenvalue weighted by molar-refractivity contribution is 5.89. The van der Waals surface area contributed by atoms with E-state index < -0.39 is 47.3 Å². The number of unbranched alkanes of at least 4 members (excludes halogenated alkanes) is 1. The van der Waals surface area contributed by atoms with Crippen LogP contribution in [0.1, 0.15) is 67.7 Å². The van der Waals surface area contributed by atoms with E-state index in [0.717, 1.165) is 0 Å². The summed E-state index contributed by atoms with van der Waals surface area (Å²) in [6, 6.07) is -1.90. The number of nitrogens with one attached hydrogen (secondary N) is 3. The smallest absolute Gasteiger partial charge is 0.408 e. The van der Waals surface area contributed by atoms with Gasteiger partial charge in [-0.3, -0.25) is 4.79 Å². The number of methoxy groups -OCH3 is 1. The van der Waals surface area contributed by atoms with Gasteiger partial charge in [0.25, 0.3) is 0 Å². The Labute approximate surface area is 197 Å². The molecule has 0 aliphatic carbocycles. The van der Waals surface area contributed by atoms with Gasteiger partial charge in [-0.15, -0.1) is 6.58 Å². The van der Waals surface area contributed by atoms with Gasteiger partial charge < -0.3 is 30.2 Å². The third kappa shape index (κ3) is 14.1. The molecule has 0 unspecified atom stereocenters. The van der Waals surface area contributed by atoms with E-state index in [1.165, 1.54) is 13.2 Å². The van der Waals surface area contributed by atoms with E-state index in [-0.39, 0.29) is 12.3 Å². The number of ether oxygens (including phenoxy) is 3. The maximum atomic E-state index is 12.9. The second-order valence-corrected chi connectivity index (χ2v) is 9.73. The first-order chi connectivity index (χ1) is 15.1. The maximum absolute atomic E-state index is 12.9. The molecule has 0 aromatic carbocycles. The molecule has 0 saturated heterocycles. The zero-order valence-corrected chi connectivity index (χ0v) is 21.2. The van der Waals surface area contributed by atoms with Crippen LogP contribution in [-0.4, -0.2) is 61.0 Å². The van der Waals surface area contributed by atoms with Gasteiger partial charge in [-0.05, 0) is 60.8 Å². The number of alkyl carbamates (subject to hydrolysis) is 2. The summed E-state index contributed by atoms with van der Waals surface area (Å²) < 4.78 is 15.2. The van der Waals surface area contributed by atoms with E-state index in [4.69, 9.17) is 14.2 Å². The third-order valence-electron chi connectivity index (χ3n) is 4.25. The number of hydrogen-bond acceptors (Lipinski definition) is 7. The number of amides is 3. The van der Waals surface area contributed by atoms with Crippen molar-refractivity contribution < 1.29 is 33.4 Å². The number of carbonyl (C=O) groups excluding carboxylic acids is 4. The molecule has 3 atom stereocenters. The molecule has 0 spiro atoms. The lowest BCUT2D eigenvalue weighted by Gasteiger charge is -2.26. The second-order valence-electron chi connectivity index (χ2n) is 9.73. The van der Waals surface area contributed by atoms with E-state index in [9.17, 15) is 19.2 Å². The van der Waals surface area contributed by atoms with Crippen LogP contribution in [0.3, 0.4) is 0 Å². The van der Waals surface area contributed by atoms with Crippen LogP contribution in [0.25, 0.3) is 0 Å². The minimum atomic E-state index is -0.953. The van der Waals surface area contributed by atoms with Gasteiger partial charge in [-0.25, -0.2) is 14.4 Å². The van der Waals surface area contributed by atoms with Crippen LogP contribution < -0.4 is 16.0 Å². The highest BCUT2D eigenvalue weighted by Crippen LogP contribution is 2.11. The monoisotopic (exact) mass is 471 g/mol. The quantitative estimate of drug-likeness (QED) is 0.183. The van der Waals surface area contributed by atoms with Crippen LogP contribution in [0.4, 0.5) is 9.59 Å².